The van der Waals surface area contributed by atoms with E-state index >= 15 is 0 Å². The summed E-state index contributed by atoms with van der Waals surface area (Å²) in [4.78, 5) is 28.4. The summed E-state index contributed by atoms with van der Waals surface area (Å²) in [6.07, 6.45) is -1.22. The van der Waals surface area contributed by atoms with Crippen molar-refractivity contribution < 1.29 is 22.8 Å². The summed E-state index contributed by atoms with van der Waals surface area (Å²) in [6.45, 7) is 0.310. The summed E-state index contributed by atoms with van der Waals surface area (Å²) in [5, 5.41) is 5.16. The number of nitrogens with one attached hydrogen (secondary N) is 2. The normalized spacial score (nSPS) is 11.0. The van der Waals surface area contributed by atoms with E-state index in [1.54, 1.807) is 18.5 Å². The number of rotatable bonds is 5. The molecule has 3 aromatic rings. The third-order valence-corrected chi connectivity index (χ3v) is 4.03. The number of aromatic nitrogens is 1. The molecule has 0 atom stereocenters. The molecular formula is C21H16F3N3O2. The van der Waals surface area contributed by atoms with Crippen molar-refractivity contribution in [2.75, 3.05) is 5.32 Å². The van der Waals surface area contributed by atoms with Gasteiger partial charge in [0.2, 0.25) is 0 Å². The number of amides is 2. The quantitative estimate of drug-likeness (QED) is 0.673. The number of carbonyl (C=O) groups excluding carboxylic acids is 2. The van der Waals surface area contributed by atoms with E-state index in [2.05, 4.69) is 15.6 Å². The average molecular weight is 399 g/mol. The summed E-state index contributed by atoms with van der Waals surface area (Å²) >= 11 is 0. The van der Waals surface area contributed by atoms with Gasteiger partial charge in [-0.15, -0.1) is 0 Å². The summed E-state index contributed by atoms with van der Waals surface area (Å²) in [5.74, 6) is -0.898. The first-order chi connectivity index (χ1) is 13.8. The highest BCUT2D eigenvalue weighted by Crippen LogP contribution is 2.30. The predicted octanol–water partition coefficient (Wildman–Crippen LogP) is 4.28. The van der Waals surface area contributed by atoms with Crippen molar-refractivity contribution in [3.63, 3.8) is 0 Å². The molecule has 0 spiro atoms. The van der Waals surface area contributed by atoms with Gasteiger partial charge in [-0.1, -0.05) is 12.1 Å². The molecule has 3 rings (SSSR count). The van der Waals surface area contributed by atoms with Crippen LogP contribution in [0.5, 0.6) is 0 Å². The van der Waals surface area contributed by atoms with Gasteiger partial charge in [0, 0.05) is 35.8 Å². The Morgan fingerprint density at radius 3 is 2.21 bits per heavy atom. The van der Waals surface area contributed by atoms with Crippen LogP contribution in [-0.4, -0.2) is 16.8 Å². The molecule has 1 aromatic heterocycles. The van der Waals surface area contributed by atoms with Gasteiger partial charge in [-0.3, -0.25) is 14.6 Å². The molecule has 0 aliphatic rings. The molecule has 2 amide bonds. The van der Waals surface area contributed by atoms with E-state index in [0.717, 1.165) is 17.7 Å². The molecule has 0 fully saturated rings. The minimum atomic E-state index is -4.49. The van der Waals surface area contributed by atoms with Gasteiger partial charge in [0.1, 0.15) is 0 Å². The van der Waals surface area contributed by atoms with Crippen LogP contribution in [0.25, 0.3) is 0 Å². The van der Waals surface area contributed by atoms with E-state index in [4.69, 9.17) is 0 Å². The highest BCUT2D eigenvalue weighted by Gasteiger charge is 2.30. The van der Waals surface area contributed by atoms with E-state index in [1.807, 2.05) is 6.07 Å². The third kappa shape index (κ3) is 5.41. The lowest BCUT2D eigenvalue weighted by Crippen LogP contribution is -2.23. The molecule has 0 radical (unpaired) electrons. The van der Waals surface area contributed by atoms with Crippen LogP contribution in [0.1, 0.15) is 31.8 Å². The topological polar surface area (TPSA) is 71.1 Å². The Kier molecular flexibility index (Phi) is 5.92. The highest BCUT2D eigenvalue weighted by molar-refractivity contribution is 6.05. The van der Waals surface area contributed by atoms with Gasteiger partial charge in [0.25, 0.3) is 11.8 Å². The van der Waals surface area contributed by atoms with Gasteiger partial charge in [0.15, 0.2) is 0 Å². The fourth-order valence-corrected chi connectivity index (χ4v) is 2.54. The summed E-state index contributed by atoms with van der Waals surface area (Å²) in [5.41, 5.74) is 0.590. The second-order valence-electron chi connectivity index (χ2n) is 6.15. The number of alkyl halides is 3. The molecule has 2 N–H and O–H groups in total. The van der Waals surface area contributed by atoms with E-state index in [9.17, 15) is 22.8 Å². The first-order valence-electron chi connectivity index (χ1n) is 8.59. The van der Waals surface area contributed by atoms with Crippen molar-refractivity contribution >= 4 is 17.5 Å². The van der Waals surface area contributed by atoms with Gasteiger partial charge in [0.05, 0.1) is 5.56 Å². The SMILES string of the molecule is O=C(NCc1cccnc1)c1ccc(C(=O)Nc2cccc(C(F)(F)F)c2)cc1. The van der Waals surface area contributed by atoms with Crippen LogP contribution in [0.4, 0.5) is 18.9 Å². The largest absolute Gasteiger partial charge is 0.416 e. The molecule has 0 saturated carbocycles. The zero-order valence-electron chi connectivity index (χ0n) is 15.0. The summed E-state index contributed by atoms with van der Waals surface area (Å²) in [6, 6.07) is 13.8. The number of nitrogens with zero attached hydrogens (tertiary/aromatic N) is 1. The molecular weight excluding hydrogens is 383 g/mol. The molecule has 0 saturated heterocycles. The number of benzene rings is 2. The van der Waals surface area contributed by atoms with Crippen molar-refractivity contribution in [2.45, 2.75) is 12.7 Å². The fourth-order valence-electron chi connectivity index (χ4n) is 2.54. The zero-order valence-corrected chi connectivity index (χ0v) is 15.0. The minimum Gasteiger partial charge on any atom is -0.348 e. The molecule has 5 nitrogen and oxygen atoms in total. The van der Waals surface area contributed by atoms with Crippen molar-refractivity contribution in [2.24, 2.45) is 0 Å². The Labute approximate surface area is 164 Å². The van der Waals surface area contributed by atoms with Crippen LogP contribution < -0.4 is 10.6 Å². The second-order valence-corrected chi connectivity index (χ2v) is 6.15. The average Bonchev–Trinajstić information content (AvgIpc) is 2.72. The lowest BCUT2D eigenvalue weighted by atomic mass is 10.1. The monoisotopic (exact) mass is 399 g/mol. The maximum atomic E-state index is 12.8. The van der Waals surface area contributed by atoms with Crippen LogP contribution in [0.15, 0.2) is 73.1 Å². The molecule has 0 bridgehead atoms. The smallest absolute Gasteiger partial charge is 0.348 e. The molecule has 2 aromatic carbocycles. The van der Waals surface area contributed by atoms with Crippen LogP contribution in [0, 0.1) is 0 Å². The lowest BCUT2D eigenvalue weighted by Gasteiger charge is -2.10. The molecule has 148 valence electrons. The van der Waals surface area contributed by atoms with E-state index in [-0.39, 0.29) is 17.2 Å². The number of halogens is 3. The van der Waals surface area contributed by atoms with Crippen molar-refractivity contribution in [1.82, 2.24) is 10.3 Å². The number of carbonyl (C=O) groups is 2. The van der Waals surface area contributed by atoms with Crippen LogP contribution in [-0.2, 0) is 12.7 Å². The molecule has 8 heteroatoms. The van der Waals surface area contributed by atoms with E-state index in [1.165, 1.54) is 36.4 Å². The Bertz CT molecular complexity index is 1000. The number of pyridine rings is 1. The Morgan fingerprint density at radius 1 is 0.897 bits per heavy atom. The van der Waals surface area contributed by atoms with Crippen molar-refractivity contribution in [3.05, 3.63) is 95.3 Å². The Hall–Kier alpha value is -3.68. The van der Waals surface area contributed by atoms with Crippen molar-refractivity contribution in [1.29, 1.82) is 0 Å². The maximum absolute atomic E-state index is 12.8. The Balaban J connectivity index is 1.62. The molecule has 1 heterocycles. The van der Waals surface area contributed by atoms with Crippen molar-refractivity contribution in [3.8, 4) is 0 Å². The molecule has 29 heavy (non-hydrogen) atoms. The minimum absolute atomic E-state index is 0.0307. The van der Waals surface area contributed by atoms with E-state index in [0.29, 0.717) is 12.1 Å². The molecule has 0 aliphatic heterocycles. The van der Waals surface area contributed by atoms with Gasteiger partial charge < -0.3 is 10.6 Å². The Morgan fingerprint density at radius 2 is 1.59 bits per heavy atom. The van der Waals surface area contributed by atoms with Gasteiger partial charge >= 0.3 is 6.18 Å². The lowest BCUT2D eigenvalue weighted by molar-refractivity contribution is -0.137. The van der Waals surface area contributed by atoms with Gasteiger partial charge in [-0.2, -0.15) is 13.2 Å². The van der Waals surface area contributed by atoms with Crippen LogP contribution in [0.2, 0.25) is 0 Å². The van der Waals surface area contributed by atoms with Crippen LogP contribution in [0.3, 0.4) is 0 Å². The second kappa shape index (κ2) is 8.55. The highest BCUT2D eigenvalue weighted by atomic mass is 19.4. The summed E-state index contributed by atoms with van der Waals surface area (Å²) < 4.78 is 38.3. The first-order valence-corrected chi connectivity index (χ1v) is 8.59. The first kappa shape index (κ1) is 20.1. The fraction of sp³-hybridized carbons (Fsp3) is 0.0952. The van der Waals surface area contributed by atoms with Gasteiger partial charge in [-0.05, 0) is 54.1 Å². The van der Waals surface area contributed by atoms with Crippen LogP contribution >= 0.6 is 0 Å². The summed E-state index contributed by atoms with van der Waals surface area (Å²) in [7, 11) is 0. The van der Waals surface area contributed by atoms with E-state index < -0.39 is 17.6 Å². The third-order valence-electron chi connectivity index (χ3n) is 4.03. The zero-order chi connectivity index (χ0) is 20.9. The standard InChI is InChI=1S/C21H16F3N3O2/c22-21(23,24)17-4-1-5-18(11-17)27-20(29)16-8-6-15(7-9-16)19(28)26-13-14-3-2-10-25-12-14/h1-12H,13H2,(H,26,28)(H,27,29). The number of hydrogen-bond donors (Lipinski definition) is 2. The number of hydrogen-bond acceptors (Lipinski definition) is 3. The molecule has 0 aliphatic carbocycles. The maximum Gasteiger partial charge on any atom is 0.416 e. The van der Waals surface area contributed by atoms with Gasteiger partial charge in [-0.25, -0.2) is 0 Å². The number of anilines is 1. The molecule has 0 unspecified atom stereocenters. The predicted molar refractivity (Wildman–Crippen MR) is 101 cm³/mol.